The highest BCUT2D eigenvalue weighted by molar-refractivity contribution is 7.99. The lowest BCUT2D eigenvalue weighted by atomic mass is 10.1. The summed E-state index contributed by atoms with van der Waals surface area (Å²) in [6, 6.07) is 4.99. The molecule has 0 unspecified atom stereocenters. The molecule has 0 saturated carbocycles. The predicted octanol–water partition coefficient (Wildman–Crippen LogP) is 4.95. The third-order valence-electron chi connectivity index (χ3n) is 3.06. The van der Waals surface area contributed by atoms with Gasteiger partial charge >= 0.3 is 12.1 Å². The highest BCUT2D eigenvalue weighted by Crippen LogP contribution is 2.36. The summed E-state index contributed by atoms with van der Waals surface area (Å²) in [5.74, 6) is -2.92. The van der Waals surface area contributed by atoms with Crippen LogP contribution in [0.15, 0.2) is 29.2 Å². The van der Waals surface area contributed by atoms with Gasteiger partial charge in [0.25, 0.3) is 0 Å². The standard InChI is InChI=1S/C16H13ClF4N2O2S/c1-2-25-15(24)13-14(26-7-16(19,20)21)11(22)6-12(23-13)9-4-3-8(17)5-10(9)18/h3-6H,2,7H2,1H3,(H2,22,23). The van der Waals surface area contributed by atoms with Crippen LogP contribution in [0.4, 0.5) is 23.2 Å². The number of carbonyl (C=O) groups excluding carboxylic acids is 1. The summed E-state index contributed by atoms with van der Waals surface area (Å²) in [6.07, 6.45) is -4.47. The molecule has 1 aromatic carbocycles. The molecule has 0 aliphatic rings. The van der Waals surface area contributed by atoms with Crippen molar-refractivity contribution in [1.82, 2.24) is 4.98 Å². The van der Waals surface area contributed by atoms with Crippen LogP contribution in [-0.2, 0) is 4.74 Å². The number of hydrogen-bond donors (Lipinski definition) is 1. The normalized spacial score (nSPS) is 11.5. The fourth-order valence-electron chi connectivity index (χ4n) is 2.03. The van der Waals surface area contributed by atoms with Gasteiger partial charge in [-0.25, -0.2) is 14.2 Å². The van der Waals surface area contributed by atoms with Crippen molar-refractivity contribution >= 4 is 35.0 Å². The van der Waals surface area contributed by atoms with Gasteiger partial charge in [-0.1, -0.05) is 11.6 Å². The average Bonchev–Trinajstić information content (AvgIpc) is 2.52. The Hall–Kier alpha value is -2.00. The summed E-state index contributed by atoms with van der Waals surface area (Å²) in [7, 11) is 0. The van der Waals surface area contributed by atoms with Gasteiger partial charge in [-0.15, -0.1) is 11.8 Å². The van der Waals surface area contributed by atoms with Crippen LogP contribution in [0.25, 0.3) is 11.3 Å². The first-order valence-corrected chi connectivity index (χ1v) is 8.61. The van der Waals surface area contributed by atoms with Crippen molar-refractivity contribution in [1.29, 1.82) is 0 Å². The Kier molecular flexibility index (Phi) is 6.35. The highest BCUT2D eigenvalue weighted by atomic mass is 35.5. The second kappa shape index (κ2) is 8.13. The number of anilines is 1. The number of thioether (sulfide) groups is 1. The number of nitrogens with two attached hydrogens (primary N) is 1. The largest absolute Gasteiger partial charge is 0.461 e. The van der Waals surface area contributed by atoms with Gasteiger partial charge in [0.2, 0.25) is 0 Å². The van der Waals surface area contributed by atoms with Crippen LogP contribution in [0.1, 0.15) is 17.4 Å². The van der Waals surface area contributed by atoms with Crippen molar-refractivity contribution in [3.63, 3.8) is 0 Å². The van der Waals surface area contributed by atoms with Crippen LogP contribution in [0.2, 0.25) is 5.02 Å². The third-order valence-corrected chi connectivity index (χ3v) is 4.48. The number of rotatable bonds is 5. The van der Waals surface area contributed by atoms with Gasteiger partial charge in [-0.05, 0) is 31.2 Å². The van der Waals surface area contributed by atoms with Gasteiger partial charge in [0.15, 0.2) is 5.69 Å². The Labute approximate surface area is 155 Å². The van der Waals surface area contributed by atoms with E-state index in [1.807, 2.05) is 0 Å². The molecule has 0 atom stereocenters. The molecule has 0 bridgehead atoms. The van der Waals surface area contributed by atoms with E-state index in [0.29, 0.717) is 11.8 Å². The van der Waals surface area contributed by atoms with Gasteiger partial charge < -0.3 is 10.5 Å². The predicted molar refractivity (Wildman–Crippen MR) is 91.8 cm³/mol. The Bertz CT molecular complexity index is 831. The molecule has 10 heteroatoms. The van der Waals surface area contributed by atoms with Crippen LogP contribution >= 0.6 is 23.4 Å². The number of esters is 1. The molecule has 0 amide bonds. The minimum Gasteiger partial charge on any atom is -0.461 e. The summed E-state index contributed by atoms with van der Waals surface area (Å²) in [4.78, 5) is 15.9. The van der Waals surface area contributed by atoms with Crippen molar-refractivity contribution in [2.24, 2.45) is 0 Å². The van der Waals surface area contributed by atoms with Crippen molar-refractivity contribution in [3.05, 3.63) is 40.8 Å². The van der Waals surface area contributed by atoms with E-state index in [1.165, 1.54) is 25.1 Å². The number of aromatic nitrogens is 1. The molecule has 4 nitrogen and oxygen atoms in total. The number of pyridine rings is 1. The molecule has 0 fully saturated rings. The molecule has 0 aliphatic heterocycles. The van der Waals surface area contributed by atoms with Gasteiger partial charge in [-0.2, -0.15) is 13.2 Å². The minimum absolute atomic E-state index is 0.000908. The first-order valence-electron chi connectivity index (χ1n) is 7.25. The quantitative estimate of drug-likeness (QED) is 0.430. The topological polar surface area (TPSA) is 65.2 Å². The molecule has 26 heavy (non-hydrogen) atoms. The molecule has 0 aliphatic carbocycles. The Balaban J connectivity index is 2.55. The molecule has 1 aromatic heterocycles. The highest BCUT2D eigenvalue weighted by Gasteiger charge is 2.30. The number of ether oxygens (including phenoxy) is 1. The van der Waals surface area contributed by atoms with E-state index < -0.39 is 29.4 Å². The lowest BCUT2D eigenvalue weighted by Gasteiger charge is -2.14. The summed E-state index contributed by atoms with van der Waals surface area (Å²) in [5, 5.41) is 0.155. The van der Waals surface area contributed by atoms with Gasteiger partial charge in [0.1, 0.15) is 5.82 Å². The van der Waals surface area contributed by atoms with Crippen LogP contribution < -0.4 is 5.73 Å². The number of hydrogen-bond acceptors (Lipinski definition) is 5. The maximum Gasteiger partial charge on any atom is 0.398 e. The summed E-state index contributed by atoms with van der Waals surface area (Å²) in [5.41, 5.74) is 5.26. The fraction of sp³-hybridized carbons (Fsp3) is 0.250. The average molecular weight is 409 g/mol. The van der Waals surface area contributed by atoms with Crippen LogP contribution in [-0.4, -0.2) is 29.5 Å². The number of carbonyl (C=O) groups is 1. The maximum absolute atomic E-state index is 14.1. The van der Waals surface area contributed by atoms with E-state index in [0.717, 1.165) is 6.07 Å². The van der Waals surface area contributed by atoms with E-state index in [2.05, 4.69) is 4.98 Å². The summed E-state index contributed by atoms with van der Waals surface area (Å²) in [6.45, 7) is 1.52. The zero-order valence-corrected chi connectivity index (χ0v) is 14.9. The number of nitrogens with zero attached hydrogens (tertiary/aromatic N) is 1. The van der Waals surface area contributed by atoms with Crippen molar-refractivity contribution in [2.45, 2.75) is 18.0 Å². The van der Waals surface area contributed by atoms with Gasteiger partial charge in [-0.3, -0.25) is 0 Å². The van der Waals surface area contributed by atoms with E-state index in [1.54, 1.807) is 0 Å². The van der Waals surface area contributed by atoms with Crippen LogP contribution in [0, 0.1) is 5.82 Å². The van der Waals surface area contributed by atoms with Crippen LogP contribution in [0.3, 0.4) is 0 Å². The Morgan fingerprint density at radius 3 is 2.62 bits per heavy atom. The number of halogens is 5. The summed E-state index contributed by atoms with van der Waals surface area (Å²) < 4.78 is 56.5. The third kappa shape index (κ3) is 5.01. The van der Waals surface area contributed by atoms with E-state index >= 15 is 0 Å². The zero-order chi connectivity index (χ0) is 19.5. The smallest absolute Gasteiger partial charge is 0.398 e. The van der Waals surface area contributed by atoms with E-state index in [-0.39, 0.29) is 33.5 Å². The van der Waals surface area contributed by atoms with E-state index in [4.69, 9.17) is 22.1 Å². The second-order valence-corrected chi connectivity index (χ2v) is 6.44. The molecular formula is C16H13ClF4N2O2S. The van der Waals surface area contributed by atoms with Crippen LogP contribution in [0.5, 0.6) is 0 Å². The molecule has 2 rings (SSSR count). The SMILES string of the molecule is CCOC(=O)c1nc(-c2ccc(Cl)cc2F)cc(N)c1SCC(F)(F)F. The fourth-order valence-corrected chi connectivity index (χ4v) is 2.99. The monoisotopic (exact) mass is 408 g/mol. The molecule has 0 saturated heterocycles. The van der Waals surface area contributed by atoms with E-state index in [9.17, 15) is 22.4 Å². The first-order chi connectivity index (χ1) is 12.1. The number of alkyl halides is 3. The Morgan fingerprint density at radius 1 is 1.35 bits per heavy atom. The second-order valence-electron chi connectivity index (χ2n) is 5.02. The molecule has 0 radical (unpaired) electrons. The zero-order valence-electron chi connectivity index (χ0n) is 13.4. The molecular weight excluding hydrogens is 396 g/mol. The minimum atomic E-state index is -4.47. The maximum atomic E-state index is 14.1. The first kappa shape index (κ1) is 20.3. The molecule has 2 N–H and O–H groups in total. The van der Waals surface area contributed by atoms with Gasteiger partial charge in [0.05, 0.1) is 22.9 Å². The van der Waals surface area contributed by atoms with Gasteiger partial charge in [0, 0.05) is 16.3 Å². The Morgan fingerprint density at radius 2 is 2.04 bits per heavy atom. The molecule has 1 heterocycles. The van der Waals surface area contributed by atoms with Crippen molar-refractivity contribution in [2.75, 3.05) is 18.1 Å². The molecule has 2 aromatic rings. The molecule has 140 valence electrons. The van der Waals surface area contributed by atoms with Crippen molar-refractivity contribution < 1.29 is 27.1 Å². The summed E-state index contributed by atoms with van der Waals surface area (Å²) >= 11 is 6.02. The number of nitrogen functional groups attached to an aromatic ring is 1. The lowest BCUT2D eigenvalue weighted by molar-refractivity contribution is -0.105. The van der Waals surface area contributed by atoms with Crippen molar-refractivity contribution in [3.8, 4) is 11.3 Å². The number of benzene rings is 1. The molecule has 0 spiro atoms. The lowest BCUT2D eigenvalue weighted by Crippen LogP contribution is -2.15.